The molecule has 0 saturated carbocycles. The van der Waals surface area contributed by atoms with Crippen LogP contribution >= 0.6 is 11.3 Å². The smallest absolute Gasteiger partial charge is 0.271 e. The molecule has 2 aromatic heterocycles. The molecule has 4 rings (SSSR count). The van der Waals surface area contributed by atoms with Gasteiger partial charge in [0.1, 0.15) is 5.56 Å². The molecule has 3 aromatic rings. The van der Waals surface area contributed by atoms with E-state index in [0.717, 1.165) is 50.6 Å². The van der Waals surface area contributed by atoms with E-state index in [-0.39, 0.29) is 11.1 Å². The molecule has 0 aliphatic heterocycles. The lowest BCUT2D eigenvalue weighted by atomic mass is 10.0. The fourth-order valence-corrected chi connectivity index (χ4v) is 4.73. The number of fused-ring (bicyclic) bond motifs is 3. The van der Waals surface area contributed by atoms with Gasteiger partial charge in [0.05, 0.1) is 0 Å². The molecule has 0 saturated heterocycles. The van der Waals surface area contributed by atoms with Crippen LogP contribution in [-0.2, 0) is 19.3 Å². The number of unbranched alkanes of at least 4 members (excludes halogenated alkanes) is 1. The second-order valence-corrected chi connectivity index (χ2v) is 8.09. The number of hydrogen-bond acceptors (Lipinski definition) is 4. The van der Waals surface area contributed by atoms with Crippen LogP contribution in [0, 0.1) is 0 Å². The number of amides is 1. The normalized spacial score (nSPS) is 13.5. The summed E-state index contributed by atoms with van der Waals surface area (Å²) >= 11 is 1.57. The number of anilines is 1. The highest BCUT2D eigenvalue weighted by Crippen LogP contribution is 2.28. The number of nitrogens with one attached hydrogen (secondary N) is 1. The highest BCUT2D eigenvalue weighted by Gasteiger charge is 2.21. The summed E-state index contributed by atoms with van der Waals surface area (Å²) in [5, 5.41) is 2.83. The largest absolute Gasteiger partial charge is 0.322 e. The maximum Gasteiger partial charge on any atom is 0.271 e. The Morgan fingerprint density at radius 3 is 2.78 bits per heavy atom. The summed E-state index contributed by atoms with van der Waals surface area (Å²) < 4.78 is 1.64. The molecule has 0 fully saturated rings. The summed E-state index contributed by atoms with van der Waals surface area (Å²) in [6.07, 6.45) is 8.85. The molecule has 0 spiro atoms. The Morgan fingerprint density at radius 1 is 1.22 bits per heavy atom. The number of rotatable bonds is 5. The third-order valence-electron chi connectivity index (χ3n) is 5.08. The molecule has 1 aromatic carbocycles. The molecule has 1 N–H and O–H groups in total. The quantitative estimate of drug-likeness (QED) is 0.719. The molecule has 0 atom stereocenters. The fourth-order valence-electron chi connectivity index (χ4n) is 3.56. The molecular weight excluding hydrogens is 358 g/mol. The van der Waals surface area contributed by atoms with Crippen molar-refractivity contribution in [2.24, 2.45) is 0 Å². The van der Waals surface area contributed by atoms with Crippen molar-refractivity contribution in [3.63, 3.8) is 0 Å². The van der Waals surface area contributed by atoms with E-state index in [0.29, 0.717) is 10.6 Å². The molecule has 140 valence electrons. The topological polar surface area (TPSA) is 63.5 Å². The van der Waals surface area contributed by atoms with Crippen LogP contribution < -0.4 is 10.9 Å². The highest BCUT2D eigenvalue weighted by atomic mass is 32.1. The van der Waals surface area contributed by atoms with E-state index in [1.54, 1.807) is 15.7 Å². The molecule has 6 heteroatoms. The van der Waals surface area contributed by atoms with Crippen molar-refractivity contribution in [3.05, 3.63) is 62.5 Å². The van der Waals surface area contributed by atoms with Gasteiger partial charge in [0.25, 0.3) is 11.5 Å². The van der Waals surface area contributed by atoms with Crippen LogP contribution in [0.4, 0.5) is 5.69 Å². The van der Waals surface area contributed by atoms with Gasteiger partial charge in [-0.2, -0.15) is 0 Å². The van der Waals surface area contributed by atoms with E-state index in [4.69, 9.17) is 0 Å². The van der Waals surface area contributed by atoms with Crippen LogP contribution in [-0.4, -0.2) is 15.3 Å². The SMILES string of the molecule is CCCCc1ccc(NC(=O)c2cnc3sc4c(n3c2=O)CCCC4)cc1. The molecule has 27 heavy (non-hydrogen) atoms. The molecule has 0 unspecified atom stereocenters. The van der Waals surface area contributed by atoms with Gasteiger partial charge in [-0.15, -0.1) is 11.3 Å². The maximum atomic E-state index is 12.9. The van der Waals surface area contributed by atoms with E-state index in [1.807, 2.05) is 24.3 Å². The van der Waals surface area contributed by atoms with Crippen molar-refractivity contribution in [2.45, 2.75) is 51.9 Å². The lowest BCUT2D eigenvalue weighted by Gasteiger charge is -2.10. The van der Waals surface area contributed by atoms with Gasteiger partial charge in [-0.1, -0.05) is 25.5 Å². The zero-order valence-corrected chi connectivity index (χ0v) is 16.3. The summed E-state index contributed by atoms with van der Waals surface area (Å²) in [4.78, 5) is 31.9. The minimum atomic E-state index is -0.404. The first kappa shape index (κ1) is 17.9. The maximum absolute atomic E-state index is 12.9. The summed E-state index contributed by atoms with van der Waals surface area (Å²) in [6, 6.07) is 7.82. The Balaban J connectivity index is 1.59. The predicted octanol–water partition coefficient (Wildman–Crippen LogP) is 4.23. The minimum Gasteiger partial charge on any atom is -0.322 e. The van der Waals surface area contributed by atoms with Gasteiger partial charge in [0.15, 0.2) is 4.96 Å². The fraction of sp³-hybridized carbons (Fsp3) is 0.381. The average Bonchev–Trinajstić information content (AvgIpc) is 3.07. The molecule has 2 heterocycles. The first-order chi connectivity index (χ1) is 13.2. The third kappa shape index (κ3) is 3.54. The first-order valence-corrected chi connectivity index (χ1v) is 10.4. The molecular formula is C21H23N3O2S. The lowest BCUT2D eigenvalue weighted by molar-refractivity contribution is 0.102. The van der Waals surface area contributed by atoms with Crippen molar-refractivity contribution in [1.82, 2.24) is 9.38 Å². The van der Waals surface area contributed by atoms with Crippen molar-refractivity contribution in [3.8, 4) is 0 Å². The van der Waals surface area contributed by atoms with E-state index >= 15 is 0 Å². The Morgan fingerprint density at radius 2 is 2.00 bits per heavy atom. The number of aromatic nitrogens is 2. The summed E-state index contributed by atoms with van der Waals surface area (Å²) in [5.41, 5.74) is 2.80. The van der Waals surface area contributed by atoms with Crippen molar-refractivity contribution in [1.29, 1.82) is 0 Å². The van der Waals surface area contributed by atoms with Gasteiger partial charge in [-0.25, -0.2) is 4.98 Å². The van der Waals surface area contributed by atoms with Crippen molar-refractivity contribution in [2.75, 3.05) is 5.32 Å². The Hall–Kier alpha value is -2.47. The third-order valence-corrected chi connectivity index (χ3v) is 6.23. The first-order valence-electron chi connectivity index (χ1n) is 9.60. The summed E-state index contributed by atoms with van der Waals surface area (Å²) in [6.45, 7) is 2.17. The van der Waals surface area contributed by atoms with Crippen LogP contribution in [0.25, 0.3) is 4.96 Å². The number of nitrogens with zero attached hydrogens (tertiary/aromatic N) is 2. The molecule has 1 aliphatic carbocycles. The number of benzene rings is 1. The zero-order chi connectivity index (χ0) is 18.8. The zero-order valence-electron chi connectivity index (χ0n) is 15.5. The van der Waals surface area contributed by atoms with Gasteiger partial charge >= 0.3 is 0 Å². The molecule has 1 amide bonds. The van der Waals surface area contributed by atoms with Crippen LogP contribution in [0.5, 0.6) is 0 Å². The molecule has 5 nitrogen and oxygen atoms in total. The predicted molar refractivity (Wildman–Crippen MR) is 109 cm³/mol. The van der Waals surface area contributed by atoms with Gasteiger partial charge in [-0.3, -0.25) is 14.0 Å². The van der Waals surface area contributed by atoms with E-state index < -0.39 is 5.91 Å². The average molecular weight is 382 g/mol. The van der Waals surface area contributed by atoms with Crippen LogP contribution in [0.2, 0.25) is 0 Å². The van der Waals surface area contributed by atoms with Gasteiger partial charge in [0, 0.05) is 22.5 Å². The lowest BCUT2D eigenvalue weighted by Crippen LogP contribution is -2.27. The van der Waals surface area contributed by atoms with Crippen molar-refractivity contribution >= 4 is 27.9 Å². The highest BCUT2D eigenvalue weighted by molar-refractivity contribution is 7.17. The van der Waals surface area contributed by atoms with Crippen molar-refractivity contribution < 1.29 is 4.79 Å². The number of hydrogen-bond donors (Lipinski definition) is 1. The monoisotopic (exact) mass is 381 g/mol. The van der Waals surface area contributed by atoms with Crippen LogP contribution in [0.15, 0.2) is 35.3 Å². The second kappa shape index (κ2) is 7.64. The van der Waals surface area contributed by atoms with E-state index in [1.165, 1.54) is 16.6 Å². The van der Waals surface area contributed by atoms with Gasteiger partial charge in [-0.05, 0) is 56.2 Å². The standard InChI is InChI=1S/C21H23N3O2S/c1-2-3-6-14-9-11-15(12-10-14)23-19(25)16-13-22-21-24(20(16)26)17-7-4-5-8-18(17)27-21/h9-13H,2-8H2,1H3,(H,23,25). The van der Waals surface area contributed by atoms with Crippen LogP contribution in [0.3, 0.4) is 0 Å². The number of carbonyl (C=O) groups excluding carboxylic acids is 1. The Bertz CT molecular complexity index is 1030. The Labute approximate surface area is 162 Å². The van der Waals surface area contributed by atoms with Gasteiger partial charge < -0.3 is 5.32 Å². The Kier molecular flexibility index (Phi) is 5.07. The van der Waals surface area contributed by atoms with Crippen LogP contribution in [0.1, 0.15) is 59.1 Å². The summed E-state index contributed by atoms with van der Waals surface area (Å²) in [7, 11) is 0. The minimum absolute atomic E-state index is 0.0914. The number of carbonyl (C=O) groups is 1. The van der Waals surface area contributed by atoms with Gasteiger partial charge in [0.2, 0.25) is 0 Å². The number of aryl methyl sites for hydroxylation is 3. The summed E-state index contributed by atoms with van der Waals surface area (Å²) in [5.74, 6) is -0.404. The molecule has 0 bridgehead atoms. The molecule has 1 aliphatic rings. The number of thiazole rings is 1. The van der Waals surface area contributed by atoms with E-state index in [2.05, 4.69) is 17.2 Å². The molecule has 0 radical (unpaired) electrons. The second-order valence-electron chi connectivity index (χ2n) is 7.03. The van der Waals surface area contributed by atoms with E-state index in [9.17, 15) is 9.59 Å².